The Morgan fingerprint density at radius 3 is 2.71 bits per heavy atom. The molecule has 0 aliphatic carbocycles. The lowest BCUT2D eigenvalue weighted by Gasteiger charge is -2.29. The Bertz CT molecular complexity index is 861. The number of imidazole rings is 1. The van der Waals surface area contributed by atoms with Gasteiger partial charge in [-0.15, -0.1) is 0 Å². The van der Waals surface area contributed by atoms with Gasteiger partial charge in [-0.1, -0.05) is 0 Å². The fourth-order valence-corrected chi connectivity index (χ4v) is 2.77. The summed E-state index contributed by atoms with van der Waals surface area (Å²) in [5.74, 6) is -0.630. The predicted molar refractivity (Wildman–Crippen MR) is 72.4 cm³/mol. The molecule has 5 N–H and O–H groups in total. The summed E-state index contributed by atoms with van der Waals surface area (Å²) in [4.78, 5) is 43.0. The van der Waals surface area contributed by atoms with Crippen LogP contribution in [0.3, 0.4) is 0 Å². The molecule has 0 spiro atoms. The Hall–Kier alpha value is -1.86. The van der Waals surface area contributed by atoms with Gasteiger partial charge in [-0.3, -0.25) is 14.3 Å². The van der Waals surface area contributed by atoms with Crippen LogP contribution >= 0.6 is 7.75 Å². The number of aliphatic hydroxyl groups excluding tert-OH is 3. The van der Waals surface area contributed by atoms with Gasteiger partial charge in [0.2, 0.25) is 5.95 Å². The number of hydrogen-bond donors (Lipinski definition) is 5. The minimum absolute atomic E-state index is 0.190. The molecule has 4 atom stereocenters. The number of fused-ring (bicyclic) bond motifs is 1. The maximum Gasteiger partial charge on any atom is 0.280 e. The summed E-state index contributed by atoms with van der Waals surface area (Å²) in [7, 11) is -5.21. The van der Waals surface area contributed by atoms with Gasteiger partial charge in [0.05, 0.1) is 12.9 Å². The van der Waals surface area contributed by atoms with Crippen LogP contribution in [0.4, 0.5) is 5.95 Å². The van der Waals surface area contributed by atoms with Crippen LogP contribution in [-0.2, 0) is 9.30 Å². The average Bonchev–Trinajstić information content (AvgIpc) is 3.00. The van der Waals surface area contributed by atoms with E-state index in [0.29, 0.717) is 0 Å². The first-order chi connectivity index (χ1) is 11.2. The molecule has 2 aromatic rings. The highest BCUT2D eigenvalue weighted by molar-refractivity contribution is 7.50. The Balaban J connectivity index is 2.06. The van der Waals surface area contributed by atoms with Crippen molar-refractivity contribution in [2.45, 2.75) is 24.5 Å². The predicted octanol–water partition coefficient (Wildman–Crippen LogP) is -4.03. The lowest BCUT2D eigenvalue weighted by molar-refractivity contribution is -0.311. The van der Waals surface area contributed by atoms with Gasteiger partial charge in [-0.2, -0.15) is 4.98 Å². The maximum atomic E-state index is 11.9. The van der Waals surface area contributed by atoms with Crippen molar-refractivity contribution in [3.63, 3.8) is 0 Å². The summed E-state index contributed by atoms with van der Waals surface area (Å²) >= 11 is 0. The van der Waals surface area contributed by atoms with Gasteiger partial charge in [-0.05, 0) is 0 Å². The third-order valence-electron chi connectivity index (χ3n) is 3.47. The van der Waals surface area contributed by atoms with Crippen LogP contribution in [-0.4, -0.2) is 59.8 Å². The van der Waals surface area contributed by atoms with Crippen molar-refractivity contribution in [2.24, 2.45) is 0 Å². The van der Waals surface area contributed by atoms with E-state index in [9.17, 15) is 29.4 Å². The van der Waals surface area contributed by atoms with Gasteiger partial charge in [0.1, 0.15) is 18.3 Å². The number of ether oxygens (including phenoxy) is 1. The molecular formula is C10H12N5O8P-2. The number of H-pyrrole nitrogens is 1. The van der Waals surface area contributed by atoms with E-state index in [4.69, 9.17) is 9.84 Å². The fourth-order valence-electron chi connectivity index (χ4n) is 2.40. The molecule has 0 unspecified atom stereocenters. The van der Waals surface area contributed by atoms with Crippen molar-refractivity contribution in [1.29, 1.82) is 0 Å². The number of rotatable bonds is 4. The number of aliphatic hydroxyl groups is 3. The van der Waals surface area contributed by atoms with Crippen LogP contribution in [0, 0.1) is 0 Å². The molecule has 1 fully saturated rings. The van der Waals surface area contributed by atoms with Crippen molar-refractivity contribution in [2.75, 3.05) is 11.7 Å². The van der Waals surface area contributed by atoms with Gasteiger partial charge in [0, 0.05) is 7.75 Å². The normalized spacial score (nSPS) is 27.7. The highest BCUT2D eigenvalue weighted by Crippen LogP contribution is 2.31. The third kappa shape index (κ3) is 2.93. The Labute approximate surface area is 132 Å². The second kappa shape index (κ2) is 5.89. The summed E-state index contributed by atoms with van der Waals surface area (Å²) < 4.78 is 17.1. The number of anilines is 1. The number of hydrogen-bond acceptors (Lipinski definition) is 10. The van der Waals surface area contributed by atoms with E-state index >= 15 is 0 Å². The Morgan fingerprint density at radius 2 is 2.12 bits per heavy atom. The van der Waals surface area contributed by atoms with Crippen LogP contribution in [0.1, 0.15) is 6.23 Å². The Kier molecular flexibility index (Phi) is 4.17. The van der Waals surface area contributed by atoms with Crippen molar-refractivity contribution >= 4 is 24.9 Å². The van der Waals surface area contributed by atoms with Crippen LogP contribution in [0.15, 0.2) is 11.1 Å². The molecule has 1 aliphatic heterocycles. The minimum Gasteiger partial charge on any atom is -0.795 e. The molecule has 0 amide bonds. The van der Waals surface area contributed by atoms with E-state index in [-0.39, 0.29) is 11.2 Å². The summed E-state index contributed by atoms with van der Waals surface area (Å²) in [6.45, 7) is -0.558. The van der Waals surface area contributed by atoms with Gasteiger partial charge < -0.3 is 39.5 Å². The van der Waals surface area contributed by atoms with Crippen LogP contribution in [0.5, 0.6) is 0 Å². The van der Waals surface area contributed by atoms with E-state index in [1.807, 2.05) is 4.98 Å². The van der Waals surface area contributed by atoms with Crippen LogP contribution in [0.2, 0.25) is 0 Å². The molecule has 2 aromatic heterocycles. The topological polar surface area (TPSA) is 209 Å². The first-order valence-electron chi connectivity index (χ1n) is 6.61. The van der Waals surface area contributed by atoms with Crippen molar-refractivity contribution in [3.05, 3.63) is 16.7 Å². The lowest BCUT2D eigenvalue weighted by atomic mass is 10.1. The average molecular weight is 361 g/mol. The molecule has 1 saturated heterocycles. The molecule has 0 radical (unpaired) electrons. The van der Waals surface area contributed by atoms with Crippen molar-refractivity contribution in [3.8, 4) is 0 Å². The molecule has 0 aromatic carbocycles. The molecule has 3 rings (SSSR count). The Morgan fingerprint density at radius 1 is 1.42 bits per heavy atom. The monoisotopic (exact) mass is 361 g/mol. The van der Waals surface area contributed by atoms with Crippen molar-refractivity contribution < 1.29 is 34.4 Å². The third-order valence-corrected chi connectivity index (χ3v) is 3.95. The highest BCUT2D eigenvalue weighted by atomic mass is 31.2. The van der Waals surface area contributed by atoms with E-state index in [0.717, 1.165) is 10.9 Å². The smallest absolute Gasteiger partial charge is 0.280 e. The minimum atomic E-state index is -5.21. The maximum absolute atomic E-state index is 11.9. The second-order valence-corrected chi connectivity index (χ2v) is 6.30. The van der Waals surface area contributed by atoms with Gasteiger partial charge in [0.25, 0.3) is 5.56 Å². The number of aromatic nitrogens is 4. The zero-order chi connectivity index (χ0) is 17.6. The van der Waals surface area contributed by atoms with Crippen LogP contribution in [0.25, 0.3) is 11.2 Å². The number of nitrogens with zero attached hydrogens (tertiary/aromatic N) is 3. The van der Waals surface area contributed by atoms with E-state index < -0.39 is 50.4 Å². The first-order valence-corrected chi connectivity index (χ1v) is 8.15. The first kappa shape index (κ1) is 17.0. The summed E-state index contributed by atoms with van der Waals surface area (Å²) in [6.07, 6.45) is -4.05. The zero-order valence-corrected chi connectivity index (χ0v) is 12.7. The summed E-state index contributed by atoms with van der Waals surface area (Å²) in [5, 5.41) is 30.4. The summed E-state index contributed by atoms with van der Waals surface area (Å²) in [5.41, 5.74) is -1.23. The molecule has 1 aliphatic rings. The molecular weight excluding hydrogens is 349 g/mol. The highest BCUT2D eigenvalue weighted by Gasteiger charge is 2.44. The molecule has 13 nitrogen and oxygen atoms in total. The standard InChI is InChI=1S/C10H14N5O8P/c16-1-3-5(17)6(18)9(23-3)15-2-11-4-7(15)12-10(13-8(4)19)14-24(20,21)22/h2-3,5-6,9,16-18H,1H2,(H4,12,13,14,19,20,21,22)/p-2/t3-,5-,6-,9-/m1/s1. The van der Waals surface area contributed by atoms with E-state index in [1.165, 1.54) is 5.09 Å². The zero-order valence-electron chi connectivity index (χ0n) is 11.8. The van der Waals surface area contributed by atoms with Gasteiger partial charge in [0.15, 0.2) is 17.4 Å². The fraction of sp³-hybridized carbons (Fsp3) is 0.500. The second-order valence-electron chi connectivity index (χ2n) is 5.08. The summed E-state index contributed by atoms with van der Waals surface area (Å²) in [6, 6.07) is 0. The molecule has 14 heteroatoms. The molecule has 24 heavy (non-hydrogen) atoms. The van der Waals surface area contributed by atoms with Crippen molar-refractivity contribution in [1.82, 2.24) is 19.5 Å². The number of aromatic amines is 1. The SMILES string of the molecule is O=c1[nH]c(NP(=O)([O-])[O-])nc2c1ncn2[C@@H]1O[C@H](CO)[C@@H](O)[C@H]1O. The number of nitrogens with one attached hydrogen (secondary N) is 2. The molecule has 0 bridgehead atoms. The molecule has 3 heterocycles. The van der Waals surface area contributed by atoms with E-state index in [2.05, 4.69) is 9.97 Å². The molecule has 0 saturated carbocycles. The lowest BCUT2D eigenvalue weighted by Crippen LogP contribution is -2.33. The van der Waals surface area contributed by atoms with E-state index in [1.54, 1.807) is 0 Å². The van der Waals surface area contributed by atoms with Gasteiger partial charge >= 0.3 is 0 Å². The largest absolute Gasteiger partial charge is 0.795 e. The quantitative estimate of drug-likeness (QED) is 0.331. The van der Waals surface area contributed by atoms with Crippen LogP contribution < -0.4 is 20.4 Å². The van der Waals surface area contributed by atoms with Gasteiger partial charge in [-0.25, -0.2) is 4.98 Å². The molecule has 132 valence electrons.